The predicted octanol–water partition coefficient (Wildman–Crippen LogP) is 5.38. The molecule has 8 heteroatoms. The first-order valence-electron chi connectivity index (χ1n) is 9.01. The summed E-state index contributed by atoms with van der Waals surface area (Å²) in [5.74, 6) is -0.461. The number of pyridine rings is 1. The van der Waals surface area contributed by atoms with Crippen LogP contribution in [0, 0.1) is 5.41 Å². The van der Waals surface area contributed by atoms with Gasteiger partial charge in [-0.1, -0.05) is 43.4 Å². The molecule has 0 radical (unpaired) electrons. The molecule has 4 rings (SSSR count). The van der Waals surface area contributed by atoms with Gasteiger partial charge in [-0.15, -0.1) is 0 Å². The highest BCUT2D eigenvalue weighted by Gasteiger charge is 2.47. The molecule has 1 fully saturated rings. The Morgan fingerprint density at radius 3 is 2.66 bits per heavy atom. The van der Waals surface area contributed by atoms with Crippen LogP contribution in [0.1, 0.15) is 46.3 Å². The van der Waals surface area contributed by atoms with E-state index in [9.17, 15) is 18.0 Å². The lowest BCUT2D eigenvalue weighted by Gasteiger charge is -2.54. The molecule has 0 amide bonds. The number of benzene rings is 1. The zero-order valence-electron chi connectivity index (χ0n) is 15.8. The summed E-state index contributed by atoms with van der Waals surface area (Å²) in [6.07, 6.45) is 0.485. The van der Waals surface area contributed by atoms with Crippen LogP contribution in [0.2, 0.25) is 0 Å². The summed E-state index contributed by atoms with van der Waals surface area (Å²) in [4.78, 5) is 23.7. The van der Waals surface area contributed by atoms with Crippen molar-refractivity contribution in [2.24, 2.45) is 5.41 Å². The molecule has 0 aliphatic carbocycles. The van der Waals surface area contributed by atoms with Gasteiger partial charge in [-0.25, -0.2) is 4.98 Å². The van der Waals surface area contributed by atoms with Gasteiger partial charge < -0.3 is 4.90 Å². The molecular formula is C21H18F3N3OS. The fourth-order valence-electron chi connectivity index (χ4n) is 3.75. The number of nitrogens with zero attached hydrogens (tertiary/aromatic N) is 3. The van der Waals surface area contributed by atoms with Crippen molar-refractivity contribution >= 4 is 22.3 Å². The molecule has 150 valence electrons. The molecular weight excluding hydrogens is 399 g/mol. The minimum Gasteiger partial charge on any atom is -0.340 e. The number of ketones is 1. The van der Waals surface area contributed by atoms with Crippen LogP contribution in [0.25, 0.3) is 0 Å². The van der Waals surface area contributed by atoms with Gasteiger partial charge in [0, 0.05) is 29.9 Å². The van der Waals surface area contributed by atoms with E-state index in [1.54, 1.807) is 6.20 Å². The highest BCUT2D eigenvalue weighted by atomic mass is 32.1. The average molecular weight is 417 g/mol. The number of alkyl halides is 3. The number of hydrogen-bond donors (Lipinski definition) is 0. The van der Waals surface area contributed by atoms with E-state index in [0.29, 0.717) is 10.0 Å². The van der Waals surface area contributed by atoms with Crippen LogP contribution in [0.5, 0.6) is 0 Å². The maximum absolute atomic E-state index is 12.9. The van der Waals surface area contributed by atoms with Gasteiger partial charge in [0.05, 0.1) is 22.7 Å². The number of hydrogen-bond acceptors (Lipinski definition) is 5. The second kappa shape index (κ2) is 6.95. The van der Waals surface area contributed by atoms with E-state index in [2.05, 4.69) is 28.7 Å². The zero-order chi connectivity index (χ0) is 20.8. The van der Waals surface area contributed by atoms with Crippen LogP contribution in [0.15, 0.2) is 55.0 Å². The lowest BCUT2D eigenvalue weighted by atomic mass is 9.72. The van der Waals surface area contributed by atoms with Gasteiger partial charge in [-0.05, 0) is 23.8 Å². The van der Waals surface area contributed by atoms with Crippen molar-refractivity contribution < 1.29 is 18.0 Å². The van der Waals surface area contributed by atoms with Crippen LogP contribution in [-0.2, 0) is 6.18 Å². The third-order valence-corrected chi connectivity index (χ3v) is 6.08. The van der Waals surface area contributed by atoms with E-state index in [-0.39, 0.29) is 17.0 Å². The van der Waals surface area contributed by atoms with Gasteiger partial charge in [0.25, 0.3) is 0 Å². The fourth-order valence-corrected chi connectivity index (χ4v) is 4.66. The van der Waals surface area contributed by atoms with Crippen molar-refractivity contribution in [2.75, 3.05) is 11.4 Å². The van der Waals surface area contributed by atoms with Gasteiger partial charge in [0.15, 0.2) is 5.13 Å². The molecule has 1 aliphatic heterocycles. The van der Waals surface area contributed by atoms with E-state index < -0.39 is 17.5 Å². The SMILES string of the molecule is CC1(C)CN(c2ncc(C(=O)c3cccc(C(F)(F)F)c3)s2)C1c1cccnc1. The van der Waals surface area contributed by atoms with E-state index >= 15 is 0 Å². The van der Waals surface area contributed by atoms with Gasteiger partial charge in [-0.2, -0.15) is 13.2 Å². The molecule has 0 N–H and O–H groups in total. The van der Waals surface area contributed by atoms with Gasteiger partial charge in [0.2, 0.25) is 5.78 Å². The van der Waals surface area contributed by atoms with E-state index in [1.165, 1.54) is 29.7 Å². The Labute approximate surface area is 170 Å². The largest absolute Gasteiger partial charge is 0.416 e. The normalized spacial score (nSPS) is 18.4. The Hall–Kier alpha value is -2.74. The van der Waals surface area contributed by atoms with Gasteiger partial charge in [0.1, 0.15) is 0 Å². The monoisotopic (exact) mass is 417 g/mol. The smallest absolute Gasteiger partial charge is 0.340 e. The Morgan fingerprint density at radius 2 is 2.00 bits per heavy atom. The first kappa shape index (κ1) is 19.6. The molecule has 0 spiro atoms. The molecule has 4 nitrogen and oxygen atoms in total. The van der Waals surface area contributed by atoms with Crippen molar-refractivity contribution in [1.82, 2.24) is 9.97 Å². The van der Waals surface area contributed by atoms with E-state index in [4.69, 9.17) is 0 Å². The number of anilines is 1. The lowest BCUT2D eigenvalue weighted by molar-refractivity contribution is -0.137. The second-order valence-corrected chi connectivity index (χ2v) is 8.73. The topological polar surface area (TPSA) is 46.1 Å². The highest BCUT2D eigenvalue weighted by molar-refractivity contribution is 7.17. The number of aromatic nitrogens is 2. The van der Waals surface area contributed by atoms with Crippen molar-refractivity contribution in [3.8, 4) is 0 Å². The Balaban J connectivity index is 1.60. The Morgan fingerprint density at radius 1 is 1.21 bits per heavy atom. The van der Waals surface area contributed by atoms with Crippen LogP contribution in [0.4, 0.5) is 18.3 Å². The number of halogens is 3. The lowest BCUT2D eigenvalue weighted by Crippen LogP contribution is -2.55. The third kappa shape index (κ3) is 3.64. The minimum absolute atomic E-state index is 0.00257. The van der Waals surface area contributed by atoms with Crippen molar-refractivity contribution in [3.05, 3.63) is 76.6 Å². The van der Waals surface area contributed by atoms with Crippen molar-refractivity contribution in [1.29, 1.82) is 0 Å². The first-order valence-corrected chi connectivity index (χ1v) is 9.83. The molecule has 1 aliphatic rings. The number of rotatable bonds is 4. The highest BCUT2D eigenvalue weighted by Crippen LogP contribution is 2.51. The number of carbonyl (C=O) groups excluding carboxylic acids is 1. The number of carbonyl (C=O) groups is 1. The summed E-state index contributed by atoms with van der Waals surface area (Å²) >= 11 is 1.20. The summed E-state index contributed by atoms with van der Waals surface area (Å²) in [6.45, 7) is 5.07. The van der Waals surface area contributed by atoms with E-state index in [0.717, 1.165) is 24.2 Å². The minimum atomic E-state index is -4.49. The Kier molecular flexibility index (Phi) is 4.69. The van der Waals surface area contributed by atoms with Gasteiger partial charge in [-0.3, -0.25) is 9.78 Å². The molecule has 0 bridgehead atoms. The molecule has 2 aromatic heterocycles. The number of thiazole rings is 1. The maximum Gasteiger partial charge on any atom is 0.416 e. The predicted molar refractivity (Wildman–Crippen MR) is 105 cm³/mol. The van der Waals surface area contributed by atoms with E-state index in [1.807, 2.05) is 18.3 Å². The molecule has 1 unspecified atom stereocenters. The van der Waals surface area contributed by atoms with Crippen molar-refractivity contribution in [2.45, 2.75) is 26.1 Å². The summed E-state index contributed by atoms with van der Waals surface area (Å²) in [7, 11) is 0. The average Bonchev–Trinajstić information content (AvgIpc) is 3.15. The van der Waals surface area contributed by atoms with Crippen LogP contribution >= 0.6 is 11.3 Å². The zero-order valence-corrected chi connectivity index (χ0v) is 16.6. The van der Waals surface area contributed by atoms with Crippen LogP contribution < -0.4 is 4.90 Å². The summed E-state index contributed by atoms with van der Waals surface area (Å²) in [5, 5.41) is 0.675. The molecule has 0 saturated carbocycles. The quantitative estimate of drug-likeness (QED) is 0.535. The molecule has 29 heavy (non-hydrogen) atoms. The molecule has 3 aromatic rings. The summed E-state index contributed by atoms with van der Waals surface area (Å²) in [6, 6.07) is 8.43. The van der Waals surface area contributed by atoms with Gasteiger partial charge >= 0.3 is 6.18 Å². The van der Waals surface area contributed by atoms with Crippen LogP contribution in [0.3, 0.4) is 0 Å². The molecule has 3 heterocycles. The summed E-state index contributed by atoms with van der Waals surface area (Å²) in [5.41, 5.74) is 0.238. The Bertz CT molecular complexity index is 1050. The second-order valence-electron chi connectivity index (χ2n) is 7.72. The first-order chi connectivity index (χ1) is 13.7. The third-order valence-electron chi connectivity index (χ3n) is 5.04. The molecule has 1 saturated heterocycles. The van der Waals surface area contributed by atoms with Crippen molar-refractivity contribution in [3.63, 3.8) is 0 Å². The standard InChI is InChI=1S/C21H18F3N3OS/c1-20(2)12-27(18(20)14-6-4-8-25-10-14)19-26-11-16(29-19)17(28)13-5-3-7-15(9-13)21(22,23)24/h3-11,18H,12H2,1-2H3. The fraction of sp³-hybridized carbons (Fsp3) is 0.286. The molecule has 1 aromatic carbocycles. The summed E-state index contributed by atoms with van der Waals surface area (Å²) < 4.78 is 38.8. The maximum atomic E-state index is 12.9. The van der Waals surface area contributed by atoms with Crippen LogP contribution in [-0.4, -0.2) is 22.3 Å². The molecule has 1 atom stereocenters.